The number of aryl methyl sites for hydroxylation is 1. The number of alkyl halides is 2. The fourth-order valence-electron chi connectivity index (χ4n) is 5.77. The van der Waals surface area contributed by atoms with E-state index in [9.17, 15) is 4.39 Å². The van der Waals surface area contributed by atoms with E-state index in [0.29, 0.717) is 29.9 Å². The molecule has 4 rings (SSSR count). The maximum atomic E-state index is 16.0. The number of halogens is 5. The van der Waals surface area contributed by atoms with Crippen LogP contribution in [0.5, 0.6) is 0 Å². The Hall–Kier alpha value is -2.81. The van der Waals surface area contributed by atoms with Crippen LogP contribution < -0.4 is 0 Å². The van der Waals surface area contributed by atoms with E-state index in [0.717, 1.165) is 0 Å². The van der Waals surface area contributed by atoms with Gasteiger partial charge in [-0.3, -0.25) is 0 Å². The maximum absolute atomic E-state index is 16.0. The van der Waals surface area contributed by atoms with Crippen LogP contribution in [-0.2, 0) is 36.1 Å². The van der Waals surface area contributed by atoms with Gasteiger partial charge in [0.2, 0.25) is 0 Å². The summed E-state index contributed by atoms with van der Waals surface area (Å²) in [5.41, 5.74) is -3.57. The van der Waals surface area contributed by atoms with Gasteiger partial charge in [0.25, 0.3) is 0 Å². The molecule has 45 heavy (non-hydrogen) atoms. The average Bonchev–Trinajstić information content (AvgIpc) is 2.93. The van der Waals surface area contributed by atoms with Crippen LogP contribution in [0.4, 0.5) is 22.0 Å². The molecule has 0 bridgehead atoms. The topological polar surface area (TPSA) is 27.7 Å². The highest BCUT2D eigenvalue weighted by molar-refractivity contribution is 5.42. The Bertz CT molecular complexity index is 1540. The molecule has 3 aromatic rings. The van der Waals surface area contributed by atoms with Gasteiger partial charge in [-0.25, -0.2) is 13.2 Å². The molecule has 1 saturated heterocycles. The fourth-order valence-corrected chi connectivity index (χ4v) is 5.77. The second-order valence-electron chi connectivity index (χ2n) is 14.6. The van der Waals surface area contributed by atoms with Crippen molar-refractivity contribution in [1.29, 1.82) is 0 Å². The molecule has 1 aliphatic heterocycles. The first kappa shape index (κ1) is 35.1. The van der Waals surface area contributed by atoms with Crippen LogP contribution in [0.25, 0.3) is 0 Å². The molecular formula is C37H45F5O3. The number of ether oxygens (including phenoxy) is 3. The first-order valence-corrected chi connectivity index (χ1v) is 15.3. The quantitative estimate of drug-likeness (QED) is 0.220. The van der Waals surface area contributed by atoms with Gasteiger partial charge in [0.15, 0.2) is 6.29 Å². The molecule has 0 saturated carbocycles. The summed E-state index contributed by atoms with van der Waals surface area (Å²) in [6, 6.07) is 13.2. The molecule has 1 fully saturated rings. The van der Waals surface area contributed by atoms with Gasteiger partial charge in [0.05, 0.1) is 24.2 Å². The molecular weight excluding hydrogens is 587 g/mol. The number of hydrogen-bond donors (Lipinski definition) is 0. The summed E-state index contributed by atoms with van der Waals surface area (Å²) in [7, 11) is 0. The van der Waals surface area contributed by atoms with Crippen molar-refractivity contribution in [2.24, 2.45) is 5.92 Å². The standard InChI is InChI=1S/C37H45F5O3/c1-22-20-43-32(44-21-22)34(5,6)25-13-16-28(31(40)18-25)35(7,8)37(41,42)45-36(9,10)26-14-15-27(30(39)19-26)33(3,4)24-12-11-23(2)29(38)17-24/h11-19,22,32H,20-21H2,1-10H3. The van der Waals surface area contributed by atoms with Crippen molar-refractivity contribution in [1.82, 2.24) is 0 Å². The van der Waals surface area contributed by atoms with Crippen molar-refractivity contribution in [2.75, 3.05) is 13.2 Å². The number of benzene rings is 3. The number of hydrogen-bond acceptors (Lipinski definition) is 3. The lowest BCUT2D eigenvalue weighted by molar-refractivity contribution is -0.323. The lowest BCUT2D eigenvalue weighted by atomic mass is 9.76. The summed E-state index contributed by atoms with van der Waals surface area (Å²) >= 11 is 0. The van der Waals surface area contributed by atoms with E-state index in [1.807, 2.05) is 20.8 Å². The molecule has 0 radical (unpaired) electrons. The molecule has 0 spiro atoms. The van der Waals surface area contributed by atoms with E-state index in [1.54, 1.807) is 39.0 Å². The first-order valence-electron chi connectivity index (χ1n) is 15.3. The van der Waals surface area contributed by atoms with Crippen LogP contribution in [0.15, 0.2) is 54.6 Å². The van der Waals surface area contributed by atoms with Gasteiger partial charge in [-0.1, -0.05) is 71.0 Å². The van der Waals surface area contributed by atoms with E-state index in [-0.39, 0.29) is 22.6 Å². The minimum Gasteiger partial charge on any atom is -0.351 e. The number of rotatable bonds is 9. The Morgan fingerprint density at radius 2 is 1.16 bits per heavy atom. The summed E-state index contributed by atoms with van der Waals surface area (Å²) < 4.78 is 94.7. The third kappa shape index (κ3) is 6.70. The molecule has 8 heteroatoms. The Morgan fingerprint density at radius 1 is 0.667 bits per heavy atom. The van der Waals surface area contributed by atoms with Gasteiger partial charge < -0.3 is 14.2 Å². The summed E-state index contributed by atoms with van der Waals surface area (Å²) in [5.74, 6) is -1.59. The Morgan fingerprint density at radius 3 is 1.71 bits per heavy atom. The average molecular weight is 633 g/mol. The van der Waals surface area contributed by atoms with E-state index < -0.39 is 51.7 Å². The second-order valence-corrected chi connectivity index (χ2v) is 14.6. The molecule has 0 aromatic heterocycles. The lowest BCUT2D eigenvalue weighted by Crippen LogP contribution is -2.47. The van der Waals surface area contributed by atoms with Crippen molar-refractivity contribution >= 4 is 0 Å². The molecule has 3 nitrogen and oxygen atoms in total. The van der Waals surface area contributed by atoms with Crippen LogP contribution in [0.1, 0.15) is 95.7 Å². The van der Waals surface area contributed by atoms with Gasteiger partial charge in [-0.15, -0.1) is 0 Å². The highest BCUT2D eigenvalue weighted by atomic mass is 19.3. The highest BCUT2D eigenvalue weighted by Gasteiger charge is 2.54. The molecule has 0 amide bonds. The van der Waals surface area contributed by atoms with Crippen molar-refractivity contribution in [3.63, 3.8) is 0 Å². The molecule has 0 unspecified atom stereocenters. The SMILES string of the molecule is Cc1ccc(C(C)(C)c2ccc(C(C)(C)OC(F)(F)C(C)(C)c3ccc(C(C)(C)C4OCC(C)CO4)cc3F)cc2F)cc1F. The molecule has 3 aromatic carbocycles. The van der Waals surface area contributed by atoms with Crippen LogP contribution in [-0.4, -0.2) is 25.6 Å². The molecule has 1 heterocycles. The Balaban J connectivity index is 1.58. The van der Waals surface area contributed by atoms with Crippen LogP contribution in [0, 0.1) is 30.3 Å². The largest absolute Gasteiger partial charge is 0.365 e. The van der Waals surface area contributed by atoms with E-state index in [4.69, 9.17) is 14.2 Å². The third-order valence-electron chi connectivity index (χ3n) is 9.38. The van der Waals surface area contributed by atoms with Gasteiger partial charge in [-0.2, -0.15) is 8.78 Å². The van der Waals surface area contributed by atoms with Gasteiger partial charge in [0, 0.05) is 22.3 Å². The molecule has 0 aliphatic carbocycles. The molecule has 0 N–H and O–H groups in total. The van der Waals surface area contributed by atoms with Gasteiger partial charge in [0.1, 0.15) is 17.5 Å². The van der Waals surface area contributed by atoms with Crippen molar-refractivity contribution < 1.29 is 36.2 Å². The summed E-state index contributed by atoms with van der Waals surface area (Å²) in [6.45, 7) is 17.2. The Kier molecular flexibility index (Phi) is 9.42. The second kappa shape index (κ2) is 12.1. The summed E-state index contributed by atoms with van der Waals surface area (Å²) in [5, 5.41) is 0. The van der Waals surface area contributed by atoms with Crippen molar-refractivity contribution in [3.8, 4) is 0 Å². The zero-order valence-corrected chi connectivity index (χ0v) is 27.9. The minimum atomic E-state index is -3.87. The van der Waals surface area contributed by atoms with Gasteiger partial charge in [-0.05, 0) is 80.6 Å². The third-order valence-corrected chi connectivity index (χ3v) is 9.38. The highest BCUT2D eigenvalue weighted by Crippen LogP contribution is 2.47. The van der Waals surface area contributed by atoms with Crippen LogP contribution >= 0.6 is 0 Å². The fraction of sp³-hybridized carbons (Fsp3) is 0.514. The van der Waals surface area contributed by atoms with Crippen molar-refractivity contribution in [2.45, 2.75) is 103 Å². The summed E-state index contributed by atoms with van der Waals surface area (Å²) in [6.07, 6.45) is -4.47. The minimum absolute atomic E-state index is 0.171. The summed E-state index contributed by atoms with van der Waals surface area (Å²) in [4.78, 5) is 0. The maximum Gasteiger partial charge on any atom is 0.365 e. The first-order chi connectivity index (χ1) is 20.6. The van der Waals surface area contributed by atoms with Gasteiger partial charge >= 0.3 is 6.11 Å². The predicted molar refractivity (Wildman–Crippen MR) is 166 cm³/mol. The molecule has 1 aliphatic rings. The zero-order valence-electron chi connectivity index (χ0n) is 27.9. The smallest absolute Gasteiger partial charge is 0.351 e. The monoisotopic (exact) mass is 632 g/mol. The predicted octanol–water partition coefficient (Wildman–Crippen LogP) is 9.85. The normalized spacial score (nSPS) is 18.7. The molecule has 0 atom stereocenters. The van der Waals surface area contributed by atoms with Crippen LogP contribution in [0.3, 0.4) is 0 Å². The molecule has 246 valence electrons. The van der Waals surface area contributed by atoms with Crippen LogP contribution in [0.2, 0.25) is 0 Å². The Labute approximate surface area is 264 Å². The van der Waals surface area contributed by atoms with Crippen molar-refractivity contribution in [3.05, 3.63) is 105 Å². The zero-order chi connectivity index (χ0) is 33.8. The van der Waals surface area contributed by atoms with E-state index >= 15 is 17.6 Å². The van der Waals surface area contributed by atoms with E-state index in [2.05, 4.69) is 0 Å². The lowest BCUT2D eigenvalue weighted by Gasteiger charge is -2.41. The van der Waals surface area contributed by atoms with E-state index in [1.165, 1.54) is 64.1 Å².